The van der Waals surface area contributed by atoms with Crippen LogP contribution in [0, 0.1) is 0 Å². The second-order valence-electron chi connectivity index (χ2n) is 4.35. The van der Waals surface area contributed by atoms with Gasteiger partial charge in [0.2, 0.25) is 5.78 Å². The number of carbonyl (C=O) groups excluding carboxylic acids is 2. The van der Waals surface area contributed by atoms with Gasteiger partial charge < -0.3 is 15.4 Å². The van der Waals surface area contributed by atoms with Crippen molar-refractivity contribution in [2.45, 2.75) is 18.1 Å². The Hall–Kier alpha value is -1.85. The first kappa shape index (κ1) is 10.3. The van der Waals surface area contributed by atoms with Crippen molar-refractivity contribution in [3.63, 3.8) is 0 Å². The summed E-state index contributed by atoms with van der Waals surface area (Å²) in [6.07, 6.45) is 1.46. The number of alkyl halides is 1. The van der Waals surface area contributed by atoms with Gasteiger partial charge in [-0.25, -0.2) is 9.18 Å². The molecule has 1 aliphatic carbocycles. The van der Waals surface area contributed by atoms with E-state index in [2.05, 4.69) is 10.6 Å². The highest BCUT2D eigenvalue weighted by atomic mass is 19.1. The van der Waals surface area contributed by atoms with Crippen molar-refractivity contribution in [2.24, 2.45) is 0 Å². The molecule has 0 aromatic rings. The largest absolute Gasteiger partial charge is 0.493 e. The molecule has 2 heterocycles. The van der Waals surface area contributed by atoms with Gasteiger partial charge in [-0.2, -0.15) is 0 Å². The molecule has 0 bridgehead atoms. The van der Waals surface area contributed by atoms with E-state index >= 15 is 0 Å². The summed E-state index contributed by atoms with van der Waals surface area (Å²) in [5.74, 6) is -0.245. The zero-order chi connectivity index (χ0) is 12.0. The van der Waals surface area contributed by atoms with Gasteiger partial charge in [0.05, 0.1) is 17.7 Å². The molecule has 2 N–H and O–H groups in total. The molecule has 3 aliphatic rings. The van der Waals surface area contributed by atoms with Crippen LogP contribution in [-0.2, 0) is 9.53 Å². The number of hydrogen-bond acceptors (Lipinski definition) is 3. The molecular formula is C11H11FN2O3. The quantitative estimate of drug-likeness (QED) is 0.633. The van der Waals surface area contributed by atoms with E-state index in [-0.39, 0.29) is 11.6 Å². The Bertz CT molecular complexity index is 471. The molecule has 2 aliphatic heterocycles. The van der Waals surface area contributed by atoms with Crippen LogP contribution in [0.5, 0.6) is 0 Å². The van der Waals surface area contributed by atoms with E-state index in [1.54, 1.807) is 0 Å². The fraction of sp³-hybridized carbons (Fsp3) is 0.455. The average Bonchev–Trinajstić information content (AvgIpc) is 2.66. The number of Topliss-reactive ketones (excluding diaryl/α,β-unsaturated/α-hetero) is 1. The lowest BCUT2D eigenvalue weighted by Gasteiger charge is -2.36. The maximum atomic E-state index is 13.4. The minimum Gasteiger partial charge on any atom is -0.493 e. The van der Waals surface area contributed by atoms with Crippen molar-refractivity contribution in [3.05, 3.63) is 23.5 Å². The van der Waals surface area contributed by atoms with Crippen molar-refractivity contribution in [1.82, 2.24) is 10.6 Å². The third-order valence-corrected chi connectivity index (χ3v) is 3.33. The Morgan fingerprint density at radius 1 is 1.47 bits per heavy atom. The zero-order valence-electron chi connectivity index (χ0n) is 8.96. The number of carbonyl (C=O) groups is 2. The summed E-state index contributed by atoms with van der Waals surface area (Å²) in [5, 5.41) is 5.32. The van der Waals surface area contributed by atoms with E-state index in [1.165, 1.54) is 12.2 Å². The number of hydrogen-bond donors (Lipinski definition) is 2. The number of amides is 2. The normalized spacial score (nSPS) is 35.5. The molecule has 0 aromatic heterocycles. The molecule has 1 saturated heterocycles. The van der Waals surface area contributed by atoms with Crippen LogP contribution in [0.4, 0.5) is 9.18 Å². The van der Waals surface area contributed by atoms with Crippen LogP contribution in [0.15, 0.2) is 23.5 Å². The van der Waals surface area contributed by atoms with Gasteiger partial charge in [-0.1, -0.05) is 0 Å². The predicted octanol–water partition coefficient (Wildman–Crippen LogP) is 0.189. The summed E-state index contributed by atoms with van der Waals surface area (Å²) < 4.78 is 18.8. The van der Waals surface area contributed by atoms with Crippen LogP contribution < -0.4 is 10.6 Å². The number of ether oxygens (including phenoxy) is 1. The molecular weight excluding hydrogens is 227 g/mol. The van der Waals surface area contributed by atoms with Crippen LogP contribution in [-0.4, -0.2) is 36.7 Å². The summed E-state index contributed by atoms with van der Waals surface area (Å²) in [7, 11) is 0. The number of fused-ring (bicyclic) bond motifs is 1. The van der Waals surface area contributed by atoms with Gasteiger partial charge in [-0.05, 0) is 12.2 Å². The minimum absolute atomic E-state index is 0.247. The van der Waals surface area contributed by atoms with Crippen LogP contribution in [0.1, 0.15) is 6.42 Å². The number of ketones is 1. The highest BCUT2D eigenvalue weighted by molar-refractivity contribution is 6.05. The highest BCUT2D eigenvalue weighted by Gasteiger charge is 2.49. The second kappa shape index (κ2) is 3.32. The number of halogens is 1. The first-order valence-corrected chi connectivity index (χ1v) is 5.42. The molecule has 2 atom stereocenters. The predicted molar refractivity (Wildman–Crippen MR) is 55.9 cm³/mol. The lowest BCUT2D eigenvalue weighted by atomic mass is 9.79. The first-order chi connectivity index (χ1) is 8.12. The number of rotatable bonds is 0. The smallest absolute Gasteiger partial charge is 0.315 e. The van der Waals surface area contributed by atoms with Crippen LogP contribution in [0.3, 0.4) is 0 Å². The van der Waals surface area contributed by atoms with Gasteiger partial charge >= 0.3 is 6.03 Å². The molecule has 1 spiro atoms. The van der Waals surface area contributed by atoms with Crippen molar-refractivity contribution in [2.75, 3.05) is 13.2 Å². The highest BCUT2D eigenvalue weighted by Crippen LogP contribution is 2.35. The molecule has 6 heteroatoms. The Labute approximate surface area is 96.7 Å². The Morgan fingerprint density at radius 2 is 2.29 bits per heavy atom. The van der Waals surface area contributed by atoms with Gasteiger partial charge in [0.25, 0.3) is 0 Å². The van der Waals surface area contributed by atoms with E-state index in [4.69, 9.17) is 4.74 Å². The molecule has 1 unspecified atom stereocenters. The molecule has 0 radical (unpaired) electrons. The minimum atomic E-state index is -1.65. The van der Waals surface area contributed by atoms with Crippen molar-refractivity contribution >= 4 is 11.8 Å². The van der Waals surface area contributed by atoms with E-state index < -0.39 is 17.5 Å². The molecule has 1 fully saturated rings. The number of allylic oxidation sites excluding steroid dienone is 2. The molecule has 0 aromatic carbocycles. The monoisotopic (exact) mass is 238 g/mol. The van der Waals surface area contributed by atoms with Crippen molar-refractivity contribution in [3.8, 4) is 0 Å². The molecule has 3 rings (SSSR count). The fourth-order valence-electron chi connectivity index (χ4n) is 2.49. The molecule has 0 saturated carbocycles. The number of nitrogens with one attached hydrogen (secondary N) is 2. The van der Waals surface area contributed by atoms with Crippen LogP contribution in [0.2, 0.25) is 0 Å². The Morgan fingerprint density at radius 3 is 3.00 bits per heavy atom. The maximum absolute atomic E-state index is 13.4. The Balaban J connectivity index is 2.09. The van der Waals surface area contributed by atoms with E-state index in [1.807, 2.05) is 0 Å². The van der Waals surface area contributed by atoms with Gasteiger partial charge in [-0.15, -0.1) is 0 Å². The third kappa shape index (κ3) is 1.36. The second-order valence-corrected chi connectivity index (χ2v) is 4.35. The Kier molecular flexibility index (Phi) is 2.01. The SMILES string of the molecule is O=C1NCC2(CCOC3=C2C(=O)[C@@H](F)C=C3)N1. The van der Waals surface area contributed by atoms with Gasteiger partial charge in [-0.3, -0.25) is 4.79 Å². The van der Waals surface area contributed by atoms with Gasteiger partial charge in [0.15, 0.2) is 6.17 Å². The standard InChI is InChI=1S/C11H11FN2O3/c12-6-1-2-7-8(9(6)15)11(3-4-17-7)5-13-10(16)14-11/h1-2,6H,3-5H2,(H2,13,14,16)/t6-,11?/m0/s1. The summed E-state index contributed by atoms with van der Waals surface area (Å²) in [4.78, 5) is 23.2. The molecule has 17 heavy (non-hydrogen) atoms. The van der Waals surface area contributed by atoms with Gasteiger partial charge in [0.1, 0.15) is 5.76 Å². The van der Waals surface area contributed by atoms with Gasteiger partial charge in [0, 0.05) is 13.0 Å². The number of urea groups is 1. The summed E-state index contributed by atoms with van der Waals surface area (Å²) in [6, 6.07) is -0.337. The fourth-order valence-corrected chi connectivity index (χ4v) is 2.49. The maximum Gasteiger partial charge on any atom is 0.315 e. The zero-order valence-corrected chi connectivity index (χ0v) is 8.96. The first-order valence-electron chi connectivity index (χ1n) is 5.42. The summed E-state index contributed by atoms with van der Waals surface area (Å²) in [6.45, 7) is 0.690. The van der Waals surface area contributed by atoms with E-state index in [0.29, 0.717) is 25.3 Å². The van der Waals surface area contributed by atoms with E-state index in [0.717, 1.165) is 0 Å². The van der Waals surface area contributed by atoms with Crippen molar-refractivity contribution < 1.29 is 18.7 Å². The third-order valence-electron chi connectivity index (χ3n) is 3.33. The molecule has 5 nitrogen and oxygen atoms in total. The van der Waals surface area contributed by atoms with Crippen LogP contribution >= 0.6 is 0 Å². The summed E-state index contributed by atoms with van der Waals surface area (Å²) in [5.41, 5.74) is -0.561. The summed E-state index contributed by atoms with van der Waals surface area (Å²) >= 11 is 0. The lowest BCUT2D eigenvalue weighted by Crippen LogP contribution is -2.52. The van der Waals surface area contributed by atoms with E-state index in [9.17, 15) is 14.0 Å². The molecule has 90 valence electrons. The van der Waals surface area contributed by atoms with Crippen molar-refractivity contribution in [1.29, 1.82) is 0 Å². The molecule has 2 amide bonds. The topological polar surface area (TPSA) is 67.4 Å². The average molecular weight is 238 g/mol. The lowest BCUT2D eigenvalue weighted by molar-refractivity contribution is -0.120. The van der Waals surface area contributed by atoms with Crippen LogP contribution in [0.25, 0.3) is 0 Å².